The van der Waals surface area contributed by atoms with Crippen LogP contribution in [0.4, 0.5) is 0 Å². The molecule has 4 rings (SSSR count). The van der Waals surface area contributed by atoms with Crippen molar-refractivity contribution in [1.82, 2.24) is 9.88 Å². The predicted octanol–water partition coefficient (Wildman–Crippen LogP) is 6.18. The molecule has 5 nitrogen and oxygen atoms in total. The lowest BCUT2D eigenvalue weighted by atomic mass is 9.96. The molecule has 0 saturated carbocycles. The molecule has 0 bridgehead atoms. The van der Waals surface area contributed by atoms with E-state index in [0.29, 0.717) is 17.4 Å². The largest absolute Gasteiger partial charge is 0.368 e. The first-order chi connectivity index (χ1) is 15.9. The molecule has 1 aliphatic carbocycles. The molecule has 0 N–H and O–H groups in total. The fourth-order valence-electron chi connectivity index (χ4n) is 4.23. The van der Waals surface area contributed by atoms with Crippen molar-refractivity contribution in [2.24, 2.45) is 0 Å². The first kappa shape index (κ1) is 27.0. The normalized spacial score (nSPS) is 17.6. The van der Waals surface area contributed by atoms with Gasteiger partial charge in [-0.2, -0.15) is 0 Å². The summed E-state index contributed by atoms with van der Waals surface area (Å²) in [5, 5.41) is 2.70. The first-order valence-electron chi connectivity index (χ1n) is 11.0. The van der Waals surface area contributed by atoms with E-state index >= 15 is 0 Å². The van der Waals surface area contributed by atoms with Crippen molar-refractivity contribution in [3.63, 3.8) is 0 Å². The number of carbonyl (C=O) groups is 1. The van der Waals surface area contributed by atoms with E-state index in [1.54, 1.807) is 24.3 Å². The number of halogens is 1. The molecule has 8 heteroatoms. The number of sulfone groups is 1. The van der Waals surface area contributed by atoms with Gasteiger partial charge >= 0.3 is 0 Å². The highest BCUT2D eigenvalue weighted by atomic mass is 35.5. The average Bonchev–Trinajstić information content (AvgIpc) is 3.35. The van der Waals surface area contributed by atoms with Crippen molar-refractivity contribution >= 4 is 39.6 Å². The van der Waals surface area contributed by atoms with Crippen LogP contribution in [0.1, 0.15) is 45.4 Å². The molecule has 3 heterocycles. The molecule has 2 aromatic rings. The van der Waals surface area contributed by atoms with Gasteiger partial charge in [0.15, 0.2) is 5.03 Å². The maximum atomic E-state index is 13.2. The van der Waals surface area contributed by atoms with Crippen LogP contribution in [0.25, 0.3) is 0 Å². The summed E-state index contributed by atoms with van der Waals surface area (Å²) in [6, 6.07) is 6.96. The van der Waals surface area contributed by atoms with Crippen LogP contribution >= 0.6 is 22.9 Å². The van der Waals surface area contributed by atoms with E-state index in [1.165, 1.54) is 34.4 Å². The zero-order valence-corrected chi connectivity index (χ0v) is 21.9. The highest BCUT2D eigenvalue weighted by Gasteiger charge is 2.35. The Hall–Kier alpha value is -2.22. The Labute approximate surface area is 206 Å². The average molecular weight is 507 g/mol. The van der Waals surface area contributed by atoms with Gasteiger partial charge in [-0.1, -0.05) is 37.6 Å². The van der Waals surface area contributed by atoms with Crippen LogP contribution in [-0.4, -0.2) is 37.7 Å². The van der Waals surface area contributed by atoms with Crippen molar-refractivity contribution in [1.29, 1.82) is 0 Å². The first-order valence-corrected chi connectivity index (χ1v) is 13.7. The zero-order valence-electron chi connectivity index (χ0n) is 19.5. The lowest BCUT2D eigenvalue weighted by molar-refractivity contribution is -0.0980. The SMILES string of the molecule is C=O.CC.CCN1C(C)=C(Cc2sccc2S(=O)(=O)c2ccccn2)C2=CC(Cl)=CCCC21. The van der Waals surface area contributed by atoms with Crippen LogP contribution in [0, 0.1) is 0 Å². The van der Waals surface area contributed by atoms with Crippen LogP contribution in [-0.2, 0) is 21.1 Å². The number of fused-ring (bicyclic) bond motifs is 1. The molecular formula is C25H31ClN2O3S2. The Morgan fingerprint density at radius 3 is 2.61 bits per heavy atom. The van der Waals surface area contributed by atoms with Crippen molar-refractivity contribution < 1.29 is 13.2 Å². The Morgan fingerprint density at radius 2 is 1.97 bits per heavy atom. The number of aromatic nitrogens is 1. The van der Waals surface area contributed by atoms with Gasteiger partial charge in [-0.05, 0) is 67.5 Å². The van der Waals surface area contributed by atoms with Crippen molar-refractivity contribution in [2.45, 2.75) is 62.9 Å². The third-order valence-electron chi connectivity index (χ3n) is 5.61. The van der Waals surface area contributed by atoms with Gasteiger partial charge in [0.05, 0.1) is 10.9 Å². The molecule has 178 valence electrons. The zero-order chi connectivity index (χ0) is 24.6. The standard InChI is InChI=1S/C22H23ClN2O2S2.C2H6.CH2O/c1-3-25-15(2)17(18-13-16(23)7-6-8-19(18)25)14-20-21(10-12-28-20)29(26,27)22-9-4-5-11-24-22;2*1-2/h4-5,7,9-13,19H,3,6,8,14H2,1-2H3;1-2H3;1H2. The molecule has 1 aliphatic heterocycles. The van der Waals surface area contributed by atoms with Crippen LogP contribution in [0.15, 0.2) is 79.8 Å². The third-order valence-corrected chi connectivity index (χ3v) is 8.68. The Kier molecular flexibility index (Phi) is 10.1. The van der Waals surface area contributed by atoms with Gasteiger partial charge in [0.25, 0.3) is 0 Å². The number of hydrogen-bond acceptors (Lipinski definition) is 6. The van der Waals surface area contributed by atoms with Gasteiger partial charge in [-0.15, -0.1) is 11.3 Å². The lowest BCUT2D eigenvalue weighted by Gasteiger charge is -2.27. The number of carbonyl (C=O) groups excluding carboxylic acids is 1. The van der Waals surface area contributed by atoms with E-state index in [4.69, 9.17) is 16.4 Å². The maximum Gasteiger partial charge on any atom is 0.224 e. The maximum absolute atomic E-state index is 13.2. The summed E-state index contributed by atoms with van der Waals surface area (Å²) in [5.74, 6) is 0. The monoisotopic (exact) mass is 506 g/mol. The van der Waals surface area contributed by atoms with Gasteiger partial charge in [-0.3, -0.25) is 0 Å². The Balaban J connectivity index is 0.000000914. The quantitative estimate of drug-likeness (QED) is 0.484. The van der Waals surface area contributed by atoms with E-state index < -0.39 is 9.84 Å². The van der Waals surface area contributed by atoms with Gasteiger partial charge < -0.3 is 9.69 Å². The second-order valence-electron chi connectivity index (χ2n) is 7.19. The summed E-state index contributed by atoms with van der Waals surface area (Å²) < 4.78 is 26.3. The summed E-state index contributed by atoms with van der Waals surface area (Å²) in [5.41, 5.74) is 3.62. The van der Waals surface area contributed by atoms with E-state index in [2.05, 4.69) is 35.9 Å². The summed E-state index contributed by atoms with van der Waals surface area (Å²) in [4.78, 5) is 15.7. The van der Waals surface area contributed by atoms with Gasteiger partial charge in [-0.25, -0.2) is 13.4 Å². The predicted molar refractivity (Wildman–Crippen MR) is 136 cm³/mol. The van der Waals surface area contributed by atoms with Crippen LogP contribution in [0.2, 0.25) is 0 Å². The van der Waals surface area contributed by atoms with Crippen molar-refractivity contribution in [3.05, 3.63) is 74.7 Å². The van der Waals surface area contributed by atoms with Crippen LogP contribution in [0.3, 0.4) is 0 Å². The molecule has 0 saturated heterocycles. The molecular weight excluding hydrogens is 476 g/mol. The van der Waals surface area contributed by atoms with E-state index in [1.807, 2.05) is 26.0 Å². The number of thiophene rings is 1. The molecule has 1 atom stereocenters. The minimum Gasteiger partial charge on any atom is -0.368 e. The second-order valence-corrected chi connectivity index (χ2v) is 10.5. The Morgan fingerprint density at radius 1 is 1.24 bits per heavy atom. The minimum atomic E-state index is -3.65. The lowest BCUT2D eigenvalue weighted by Crippen LogP contribution is -2.29. The van der Waals surface area contributed by atoms with Gasteiger partial charge in [0.2, 0.25) is 9.84 Å². The minimum absolute atomic E-state index is 0.0875. The fraction of sp³-hybridized carbons (Fsp3) is 0.360. The molecule has 0 aromatic carbocycles. The number of likely N-dealkylation sites (N-methyl/N-ethyl adjacent to an activating group) is 1. The highest BCUT2D eigenvalue weighted by molar-refractivity contribution is 7.91. The summed E-state index contributed by atoms with van der Waals surface area (Å²) in [6.45, 7) is 11.2. The Bertz CT molecular complexity index is 1140. The van der Waals surface area contributed by atoms with Gasteiger partial charge in [0, 0.05) is 34.8 Å². The summed E-state index contributed by atoms with van der Waals surface area (Å²) >= 11 is 7.88. The number of allylic oxidation sites excluding steroid dienone is 4. The second kappa shape index (κ2) is 12.3. The molecule has 0 fully saturated rings. The number of hydrogen-bond donors (Lipinski definition) is 0. The molecule has 33 heavy (non-hydrogen) atoms. The van der Waals surface area contributed by atoms with E-state index in [-0.39, 0.29) is 5.03 Å². The number of pyridine rings is 1. The summed E-state index contributed by atoms with van der Waals surface area (Å²) in [6.07, 6.45) is 8.17. The van der Waals surface area contributed by atoms with E-state index in [0.717, 1.165) is 29.3 Å². The van der Waals surface area contributed by atoms with Crippen molar-refractivity contribution in [3.8, 4) is 0 Å². The molecule has 1 unspecified atom stereocenters. The molecule has 0 amide bonds. The molecule has 2 aromatic heterocycles. The van der Waals surface area contributed by atoms with E-state index in [9.17, 15) is 8.42 Å². The van der Waals surface area contributed by atoms with Crippen molar-refractivity contribution in [2.75, 3.05) is 6.54 Å². The van der Waals surface area contributed by atoms with Crippen LogP contribution in [0.5, 0.6) is 0 Å². The number of rotatable bonds is 5. The fourth-order valence-corrected chi connectivity index (χ4v) is 7.10. The topological polar surface area (TPSA) is 67.3 Å². The highest BCUT2D eigenvalue weighted by Crippen LogP contribution is 2.41. The van der Waals surface area contributed by atoms with Crippen LogP contribution < -0.4 is 0 Å². The summed E-state index contributed by atoms with van der Waals surface area (Å²) in [7, 11) is -3.65. The molecule has 2 aliphatic rings. The number of nitrogens with zero attached hydrogens (tertiary/aromatic N) is 2. The smallest absolute Gasteiger partial charge is 0.224 e. The molecule has 0 radical (unpaired) electrons. The van der Waals surface area contributed by atoms with Gasteiger partial charge in [0.1, 0.15) is 6.79 Å². The molecule has 0 spiro atoms. The third kappa shape index (κ3) is 5.65.